The van der Waals surface area contributed by atoms with Crippen LogP contribution < -0.4 is 5.69 Å². The van der Waals surface area contributed by atoms with E-state index in [-0.39, 0.29) is 12.3 Å². The zero-order valence-electron chi connectivity index (χ0n) is 15.3. The first-order valence-corrected chi connectivity index (χ1v) is 8.70. The summed E-state index contributed by atoms with van der Waals surface area (Å²) in [5.41, 5.74) is 0.566. The lowest BCUT2D eigenvalue weighted by molar-refractivity contribution is -0.870. The second-order valence-corrected chi connectivity index (χ2v) is 7.01. The normalized spacial score (nSPS) is 11.4. The molecule has 0 aromatic carbocycles. The van der Waals surface area contributed by atoms with Crippen molar-refractivity contribution in [3.05, 3.63) is 16.8 Å². The van der Waals surface area contributed by atoms with Gasteiger partial charge in [-0.2, -0.15) is 0 Å². The maximum atomic E-state index is 12.2. The van der Waals surface area contributed by atoms with E-state index in [1.54, 1.807) is 9.13 Å². The summed E-state index contributed by atoms with van der Waals surface area (Å²) in [4.78, 5) is 20.5. The molecule has 0 aromatic rings. The Hall–Kier alpha value is -1.51. The second-order valence-electron chi connectivity index (χ2n) is 6.62. The molecule has 2 heterocycles. The van der Waals surface area contributed by atoms with E-state index in [0.29, 0.717) is 29.6 Å². The van der Waals surface area contributed by atoms with E-state index in [1.165, 1.54) is 6.33 Å². The van der Waals surface area contributed by atoms with Crippen molar-refractivity contribution in [3.63, 3.8) is 0 Å². The summed E-state index contributed by atoms with van der Waals surface area (Å²) < 4.78 is 4.09. The number of unbranched alkanes of at least 4 members (excludes halogenated alkanes) is 1. The molecule has 0 aromatic heterocycles. The van der Waals surface area contributed by atoms with Crippen LogP contribution in [0.25, 0.3) is 11.5 Å². The van der Waals surface area contributed by atoms with E-state index in [0.717, 1.165) is 23.9 Å². The van der Waals surface area contributed by atoms with E-state index in [4.69, 9.17) is 17.7 Å². The molecule has 0 atom stereocenters. The lowest BCUT2D eigenvalue weighted by Gasteiger charge is -2.22. The summed E-state index contributed by atoms with van der Waals surface area (Å²) in [6.45, 7) is 6.34. The quantitative estimate of drug-likeness (QED) is 0.475. The molecule has 0 fully saturated rings. The molecule has 2 aliphatic rings. The lowest BCUT2D eigenvalue weighted by atomic mass is 10.3. The average Bonchev–Trinajstić information content (AvgIpc) is 2.97. The van der Waals surface area contributed by atoms with Crippen LogP contribution in [0.2, 0.25) is 0 Å². The van der Waals surface area contributed by atoms with Crippen LogP contribution in [0.3, 0.4) is 0 Å². The van der Waals surface area contributed by atoms with E-state index < -0.39 is 0 Å². The van der Waals surface area contributed by atoms with Crippen molar-refractivity contribution in [1.29, 1.82) is 0 Å². The number of fused-ring (bicyclic) bond motifs is 1. The van der Waals surface area contributed by atoms with Crippen molar-refractivity contribution in [2.24, 2.45) is 0 Å². The van der Waals surface area contributed by atoms with Crippen molar-refractivity contribution >= 4 is 12.6 Å². The summed E-state index contributed by atoms with van der Waals surface area (Å²) in [6.07, 6.45) is 3.44. The third kappa shape index (κ3) is 5.25. The molecule has 0 aliphatic carbocycles. The Morgan fingerprint density at radius 1 is 1.21 bits per heavy atom. The Labute approximate surface area is 149 Å². The van der Waals surface area contributed by atoms with Gasteiger partial charge in [0.1, 0.15) is 18.6 Å². The lowest BCUT2D eigenvalue weighted by Crippen LogP contribution is -2.36. The van der Waals surface area contributed by atoms with E-state index in [1.807, 2.05) is 6.92 Å². The fourth-order valence-corrected chi connectivity index (χ4v) is 2.51. The van der Waals surface area contributed by atoms with Crippen molar-refractivity contribution in [3.8, 4) is 11.5 Å². The molecule has 0 radical (unpaired) electrons. The minimum absolute atomic E-state index is 0.0843. The Morgan fingerprint density at radius 3 is 2.33 bits per heavy atom. The number of hydrogen-bond acceptors (Lipinski definition) is 5. The first-order chi connectivity index (χ1) is 11.3. The molecule has 0 unspecified atom stereocenters. The fraction of sp³-hybridized carbons (Fsp3) is 0.688. The Bertz CT molecular complexity index is 660. The fourth-order valence-electron chi connectivity index (χ4n) is 2.16. The van der Waals surface area contributed by atoms with Crippen LogP contribution >= 0.6 is 0 Å². The first-order valence-electron chi connectivity index (χ1n) is 8.29. The standard InChI is InChI=1S/C11H16N4OS.C5H14NO/c1-3-5-6-15-9-8(12-7-13-9)10(17)14(4-2)11(15)16;1-6(2,3)4-5-7/h7,17H,3-6H2,1-2H3;7H,4-5H2,1-3H3/q;+1/p-1. The van der Waals surface area contributed by atoms with Gasteiger partial charge in [-0.3, -0.25) is 4.57 Å². The van der Waals surface area contributed by atoms with Crippen LogP contribution in [0, 0.1) is 0 Å². The zero-order valence-corrected chi connectivity index (χ0v) is 16.1. The topological polar surface area (TPSA) is 72.9 Å². The smallest absolute Gasteiger partial charge is 0.328 e. The SMILES string of the molecule is CCCCn1c2ncnc-2c([S-])n(CC)c1=O.C[N+](C)(C)CCO. The van der Waals surface area contributed by atoms with Crippen LogP contribution in [0.5, 0.6) is 0 Å². The van der Waals surface area contributed by atoms with Gasteiger partial charge < -0.3 is 26.8 Å². The van der Waals surface area contributed by atoms with Crippen molar-refractivity contribution in [1.82, 2.24) is 19.1 Å². The Kier molecular flexibility index (Phi) is 7.78. The van der Waals surface area contributed by atoms with Gasteiger partial charge in [0, 0.05) is 13.1 Å². The van der Waals surface area contributed by atoms with Crippen molar-refractivity contribution < 1.29 is 9.59 Å². The number of quaternary nitrogens is 1. The minimum Gasteiger partial charge on any atom is -0.760 e. The highest BCUT2D eigenvalue weighted by atomic mass is 32.1. The third-order valence-electron chi connectivity index (χ3n) is 3.57. The second kappa shape index (κ2) is 9.10. The number of nitrogens with zero attached hydrogens (tertiary/aromatic N) is 5. The van der Waals surface area contributed by atoms with Gasteiger partial charge in [0.25, 0.3) is 0 Å². The summed E-state index contributed by atoms with van der Waals surface area (Å²) in [5.74, 6) is 0.609. The number of aromatic nitrogens is 4. The van der Waals surface area contributed by atoms with Gasteiger partial charge in [0.05, 0.1) is 27.7 Å². The summed E-state index contributed by atoms with van der Waals surface area (Å²) in [7, 11) is 6.16. The predicted molar refractivity (Wildman–Crippen MR) is 97.1 cm³/mol. The Balaban J connectivity index is 0.000000351. The van der Waals surface area contributed by atoms with Crippen LogP contribution in [0.4, 0.5) is 0 Å². The molecule has 2 rings (SSSR count). The maximum absolute atomic E-state index is 12.2. The van der Waals surface area contributed by atoms with E-state index in [9.17, 15) is 4.79 Å². The summed E-state index contributed by atoms with van der Waals surface area (Å²) in [5, 5.41) is 8.87. The number of rotatable bonds is 6. The van der Waals surface area contributed by atoms with Crippen molar-refractivity contribution in [2.75, 3.05) is 34.3 Å². The Morgan fingerprint density at radius 2 is 1.88 bits per heavy atom. The number of imidazole rings is 1. The molecule has 0 saturated heterocycles. The highest BCUT2D eigenvalue weighted by Crippen LogP contribution is 2.19. The molecule has 24 heavy (non-hydrogen) atoms. The molecule has 136 valence electrons. The molecule has 0 saturated carbocycles. The van der Waals surface area contributed by atoms with Gasteiger partial charge in [-0.1, -0.05) is 18.4 Å². The van der Waals surface area contributed by atoms with Gasteiger partial charge in [-0.15, -0.1) is 0 Å². The predicted octanol–water partition coefficient (Wildman–Crippen LogP) is 0.955. The third-order valence-corrected chi connectivity index (χ3v) is 3.98. The van der Waals surface area contributed by atoms with Gasteiger partial charge in [-0.25, -0.2) is 14.8 Å². The zero-order chi connectivity index (χ0) is 18.3. The highest BCUT2D eigenvalue weighted by Gasteiger charge is 2.16. The van der Waals surface area contributed by atoms with Crippen LogP contribution in [0.1, 0.15) is 26.7 Å². The molecule has 7 nitrogen and oxygen atoms in total. The number of aliphatic hydroxyl groups excluding tert-OH is 1. The maximum Gasteiger partial charge on any atom is 0.328 e. The van der Waals surface area contributed by atoms with Crippen LogP contribution in [-0.2, 0) is 25.7 Å². The number of likely N-dealkylation sites (N-methyl/N-ethyl adjacent to an activating group) is 1. The number of hydrogen-bond donors (Lipinski definition) is 1. The molecule has 0 amide bonds. The molecule has 1 N–H and O–H groups in total. The number of aliphatic hydroxyl groups is 1. The monoisotopic (exact) mass is 355 g/mol. The van der Waals surface area contributed by atoms with E-state index >= 15 is 0 Å². The van der Waals surface area contributed by atoms with Gasteiger partial charge >= 0.3 is 5.69 Å². The highest BCUT2D eigenvalue weighted by molar-refractivity contribution is 7.58. The molecule has 8 heteroatoms. The van der Waals surface area contributed by atoms with E-state index in [2.05, 4.69) is 38.0 Å². The molecular weight excluding hydrogens is 326 g/mol. The molecule has 0 bridgehead atoms. The largest absolute Gasteiger partial charge is 0.760 e. The summed E-state index contributed by atoms with van der Waals surface area (Å²) >= 11 is 5.25. The van der Waals surface area contributed by atoms with Gasteiger partial charge in [0.2, 0.25) is 0 Å². The first kappa shape index (κ1) is 20.5. The molecule has 2 aliphatic heterocycles. The van der Waals surface area contributed by atoms with Crippen LogP contribution in [0.15, 0.2) is 16.1 Å². The van der Waals surface area contributed by atoms with Gasteiger partial charge in [0.15, 0.2) is 5.82 Å². The van der Waals surface area contributed by atoms with Crippen molar-refractivity contribution in [2.45, 2.75) is 44.8 Å². The summed E-state index contributed by atoms with van der Waals surface area (Å²) in [6, 6.07) is 0. The molecule has 0 spiro atoms. The van der Waals surface area contributed by atoms with Gasteiger partial charge in [-0.05, 0) is 13.3 Å². The van der Waals surface area contributed by atoms with Crippen LogP contribution in [-0.4, -0.2) is 63.0 Å². The average molecular weight is 356 g/mol. The molecular formula is C16H29N5O2S. The minimum atomic E-state index is -0.0843.